The maximum Gasteiger partial charge on any atom is 0.320 e. The second-order valence-electron chi connectivity index (χ2n) is 5.03. The molecule has 0 aromatic heterocycles. The number of Topliss-reactive ketones (excluding diaryl/α,β-unsaturated/α-hetero) is 1. The normalized spacial score (nSPS) is 22.7. The van der Waals surface area contributed by atoms with Gasteiger partial charge in [0.25, 0.3) is 0 Å². The molecule has 0 N–H and O–H groups in total. The molecular weight excluding hydrogens is 342 g/mol. The van der Waals surface area contributed by atoms with Crippen LogP contribution in [0.5, 0.6) is 0 Å². The third kappa shape index (κ3) is 2.83. The lowest BCUT2D eigenvalue weighted by molar-refractivity contribution is -0.485. The minimum atomic E-state index is -1.46. The highest BCUT2D eigenvalue weighted by atomic mass is 79.9. The van der Waals surface area contributed by atoms with Gasteiger partial charge in [-0.1, -0.05) is 28.1 Å². The maximum absolute atomic E-state index is 12.1. The van der Waals surface area contributed by atoms with Gasteiger partial charge in [-0.25, -0.2) is 0 Å². The molecule has 6 nitrogen and oxygen atoms in total. The third-order valence-electron chi connectivity index (χ3n) is 3.92. The number of nitro groups is 1. The van der Waals surface area contributed by atoms with Gasteiger partial charge in [-0.05, 0) is 24.6 Å². The van der Waals surface area contributed by atoms with Gasteiger partial charge in [0.15, 0.2) is 0 Å². The molecule has 21 heavy (non-hydrogen) atoms. The van der Waals surface area contributed by atoms with E-state index in [4.69, 9.17) is 4.74 Å². The highest BCUT2D eigenvalue weighted by molar-refractivity contribution is 9.10. The number of nitrogens with zero attached hydrogens (tertiary/aromatic N) is 1. The number of rotatable bonds is 5. The Hall–Kier alpha value is -1.76. The number of ketones is 1. The highest BCUT2D eigenvalue weighted by Gasteiger charge is 2.56. The summed E-state index contributed by atoms with van der Waals surface area (Å²) in [6.45, 7) is 0.915. The molecule has 2 atom stereocenters. The van der Waals surface area contributed by atoms with Gasteiger partial charge in [-0.15, -0.1) is 0 Å². The predicted molar refractivity (Wildman–Crippen MR) is 77.4 cm³/mol. The molecule has 1 aromatic rings. The Morgan fingerprint density at radius 2 is 2.10 bits per heavy atom. The molecule has 1 heterocycles. The fraction of sp³-hybridized carbons (Fsp3) is 0.429. The summed E-state index contributed by atoms with van der Waals surface area (Å²) in [5.41, 5.74) is -0.870. The molecule has 0 unspecified atom stereocenters. The van der Waals surface area contributed by atoms with Crippen LogP contribution < -0.4 is 0 Å². The second-order valence-corrected chi connectivity index (χ2v) is 5.95. The predicted octanol–water partition coefficient (Wildman–Crippen LogP) is 2.33. The molecule has 0 bridgehead atoms. The van der Waals surface area contributed by atoms with Crippen LogP contribution in [0.4, 0.5) is 0 Å². The van der Waals surface area contributed by atoms with Gasteiger partial charge in [-0.2, -0.15) is 0 Å². The molecule has 0 aliphatic carbocycles. The Labute approximate surface area is 129 Å². The second kappa shape index (κ2) is 5.93. The van der Waals surface area contributed by atoms with Crippen molar-refractivity contribution >= 4 is 27.7 Å². The lowest BCUT2D eigenvalue weighted by Gasteiger charge is -2.29. The van der Waals surface area contributed by atoms with Gasteiger partial charge >= 0.3 is 5.97 Å². The molecule has 1 aliphatic rings. The van der Waals surface area contributed by atoms with Crippen LogP contribution in [0.3, 0.4) is 0 Å². The Bertz CT molecular complexity index is 586. The molecule has 0 radical (unpaired) electrons. The summed E-state index contributed by atoms with van der Waals surface area (Å²) >= 11 is 3.29. The lowest BCUT2D eigenvalue weighted by Crippen LogP contribution is -2.43. The van der Waals surface area contributed by atoms with Crippen molar-refractivity contribution < 1.29 is 19.2 Å². The first kappa shape index (κ1) is 15.6. The van der Waals surface area contributed by atoms with Gasteiger partial charge in [0.05, 0.1) is 12.5 Å². The standard InChI is InChI=1S/C14H14BrNO5/c1-9(17)14(6-7-21-13(14)18)12(8-16(19)20)10-2-4-11(15)5-3-10/h2-5,12H,6-8H2,1H3/t12-,14-/m1/s1. The summed E-state index contributed by atoms with van der Waals surface area (Å²) in [4.78, 5) is 34.7. The molecule has 0 amide bonds. The van der Waals surface area contributed by atoms with E-state index in [0.29, 0.717) is 5.56 Å². The van der Waals surface area contributed by atoms with Crippen LogP contribution in [0.15, 0.2) is 28.7 Å². The van der Waals surface area contributed by atoms with Gasteiger partial charge in [-0.3, -0.25) is 19.7 Å². The number of esters is 1. The van der Waals surface area contributed by atoms with Crippen molar-refractivity contribution in [1.29, 1.82) is 0 Å². The highest BCUT2D eigenvalue weighted by Crippen LogP contribution is 2.45. The van der Waals surface area contributed by atoms with Crippen molar-refractivity contribution in [3.63, 3.8) is 0 Å². The largest absolute Gasteiger partial charge is 0.465 e. The van der Waals surface area contributed by atoms with Crippen LogP contribution in [0.25, 0.3) is 0 Å². The molecule has 2 rings (SSSR count). The van der Waals surface area contributed by atoms with E-state index >= 15 is 0 Å². The fourth-order valence-electron chi connectivity index (χ4n) is 2.81. The van der Waals surface area contributed by atoms with Crippen molar-refractivity contribution in [3.05, 3.63) is 44.4 Å². The van der Waals surface area contributed by atoms with E-state index < -0.39 is 28.8 Å². The Morgan fingerprint density at radius 3 is 2.52 bits per heavy atom. The smallest absolute Gasteiger partial charge is 0.320 e. The fourth-order valence-corrected chi connectivity index (χ4v) is 3.07. The first-order chi connectivity index (χ1) is 9.87. The van der Waals surface area contributed by atoms with Crippen LogP contribution >= 0.6 is 15.9 Å². The average Bonchev–Trinajstić information content (AvgIpc) is 2.80. The zero-order valence-electron chi connectivity index (χ0n) is 11.4. The molecule has 1 aliphatic heterocycles. The Kier molecular flexibility index (Phi) is 4.41. The number of cyclic esters (lactones) is 1. The SMILES string of the molecule is CC(=O)[C@@]1([C@H](C[N+](=O)[O-])c2ccc(Br)cc2)CCOC1=O. The Morgan fingerprint density at radius 1 is 1.48 bits per heavy atom. The van der Waals surface area contributed by atoms with Crippen LogP contribution in [-0.4, -0.2) is 29.8 Å². The molecule has 0 spiro atoms. The first-order valence-electron chi connectivity index (χ1n) is 6.43. The van der Waals surface area contributed by atoms with E-state index in [1.54, 1.807) is 24.3 Å². The molecule has 1 fully saturated rings. The molecular formula is C14H14BrNO5. The molecule has 0 saturated carbocycles. The van der Waals surface area contributed by atoms with Crippen LogP contribution in [0.2, 0.25) is 0 Å². The summed E-state index contributed by atoms with van der Waals surface area (Å²) < 4.78 is 5.76. The summed E-state index contributed by atoms with van der Waals surface area (Å²) in [5.74, 6) is -1.88. The van der Waals surface area contributed by atoms with Crippen LogP contribution in [-0.2, 0) is 14.3 Å². The molecule has 7 heteroatoms. The van der Waals surface area contributed by atoms with Crippen molar-refractivity contribution in [2.24, 2.45) is 5.41 Å². The number of hydrogen-bond donors (Lipinski definition) is 0. The van der Waals surface area contributed by atoms with Gasteiger partial charge in [0, 0.05) is 15.8 Å². The van der Waals surface area contributed by atoms with E-state index in [1.807, 2.05) is 0 Å². The summed E-state index contributed by atoms with van der Waals surface area (Å²) in [5, 5.41) is 11.0. The van der Waals surface area contributed by atoms with E-state index in [1.165, 1.54) is 6.92 Å². The molecule has 1 aromatic carbocycles. The quantitative estimate of drug-likeness (QED) is 0.350. The van der Waals surface area contributed by atoms with Crippen molar-refractivity contribution in [1.82, 2.24) is 0 Å². The number of hydrogen-bond acceptors (Lipinski definition) is 5. The van der Waals surface area contributed by atoms with Crippen molar-refractivity contribution in [2.45, 2.75) is 19.3 Å². The summed E-state index contributed by atoms with van der Waals surface area (Å²) in [6, 6.07) is 6.84. The van der Waals surface area contributed by atoms with E-state index in [0.717, 1.165) is 4.47 Å². The third-order valence-corrected chi connectivity index (χ3v) is 4.45. The summed E-state index contributed by atoms with van der Waals surface area (Å²) in [6.07, 6.45) is 0.176. The number of carbonyl (C=O) groups is 2. The lowest BCUT2D eigenvalue weighted by atomic mass is 9.68. The number of ether oxygens (including phenoxy) is 1. The van der Waals surface area contributed by atoms with Crippen molar-refractivity contribution in [2.75, 3.05) is 13.2 Å². The Balaban J connectivity index is 2.52. The maximum atomic E-state index is 12.1. The monoisotopic (exact) mass is 355 g/mol. The zero-order chi connectivity index (χ0) is 15.6. The minimum absolute atomic E-state index is 0.114. The zero-order valence-corrected chi connectivity index (χ0v) is 13.0. The summed E-state index contributed by atoms with van der Waals surface area (Å²) in [7, 11) is 0. The van der Waals surface area contributed by atoms with Crippen LogP contribution in [0.1, 0.15) is 24.8 Å². The van der Waals surface area contributed by atoms with Crippen LogP contribution in [0, 0.1) is 15.5 Å². The van der Waals surface area contributed by atoms with E-state index in [-0.39, 0.29) is 18.8 Å². The van der Waals surface area contributed by atoms with Gasteiger partial charge in [0.2, 0.25) is 6.54 Å². The first-order valence-corrected chi connectivity index (χ1v) is 7.22. The number of carbonyl (C=O) groups excluding carboxylic acids is 2. The number of halogens is 1. The van der Waals surface area contributed by atoms with Crippen molar-refractivity contribution in [3.8, 4) is 0 Å². The number of benzene rings is 1. The minimum Gasteiger partial charge on any atom is -0.465 e. The average molecular weight is 356 g/mol. The molecule has 1 saturated heterocycles. The van der Waals surface area contributed by atoms with E-state index in [2.05, 4.69) is 15.9 Å². The van der Waals surface area contributed by atoms with Gasteiger partial charge < -0.3 is 4.74 Å². The van der Waals surface area contributed by atoms with E-state index in [9.17, 15) is 19.7 Å². The molecule has 112 valence electrons. The topological polar surface area (TPSA) is 86.5 Å². The van der Waals surface area contributed by atoms with Gasteiger partial charge in [0.1, 0.15) is 11.2 Å².